The first kappa shape index (κ1) is 16.4. The summed E-state index contributed by atoms with van der Waals surface area (Å²) in [4.78, 5) is 0. The molecular formula is C19H30O2. The van der Waals surface area contributed by atoms with E-state index in [0.29, 0.717) is 17.8 Å². The third kappa shape index (κ3) is 4.00. The number of hydrogen-bond acceptors (Lipinski definition) is 2. The Morgan fingerprint density at radius 2 is 1.86 bits per heavy atom. The third-order valence-electron chi connectivity index (χ3n) is 4.81. The highest BCUT2D eigenvalue weighted by Gasteiger charge is 2.32. The first-order valence-corrected chi connectivity index (χ1v) is 8.33. The second-order valence-corrected chi connectivity index (χ2v) is 7.24. The van der Waals surface area contributed by atoms with Crippen molar-refractivity contribution in [3.05, 3.63) is 29.3 Å². The number of aliphatic hydroxyl groups is 1. The van der Waals surface area contributed by atoms with E-state index in [2.05, 4.69) is 52.8 Å². The van der Waals surface area contributed by atoms with Gasteiger partial charge in [-0.05, 0) is 61.1 Å². The molecule has 0 heterocycles. The van der Waals surface area contributed by atoms with Crippen molar-refractivity contribution in [2.24, 2.45) is 11.8 Å². The molecule has 0 bridgehead atoms. The molecule has 2 heteroatoms. The zero-order chi connectivity index (χ0) is 15.6. The largest absolute Gasteiger partial charge is 0.487 e. The van der Waals surface area contributed by atoms with Gasteiger partial charge in [-0.1, -0.05) is 39.8 Å². The molecule has 1 aromatic rings. The van der Waals surface area contributed by atoms with E-state index in [0.717, 1.165) is 25.0 Å². The van der Waals surface area contributed by atoms with E-state index in [4.69, 9.17) is 4.74 Å². The van der Waals surface area contributed by atoms with Crippen LogP contribution in [-0.2, 0) is 0 Å². The molecule has 21 heavy (non-hydrogen) atoms. The molecule has 1 aromatic carbocycles. The first-order valence-electron chi connectivity index (χ1n) is 8.33. The van der Waals surface area contributed by atoms with Gasteiger partial charge in [0.15, 0.2) is 0 Å². The van der Waals surface area contributed by atoms with E-state index in [9.17, 15) is 5.11 Å². The minimum absolute atomic E-state index is 0.0644. The van der Waals surface area contributed by atoms with E-state index in [-0.39, 0.29) is 12.2 Å². The fourth-order valence-electron chi connectivity index (χ4n) is 3.26. The van der Waals surface area contributed by atoms with E-state index in [1.165, 1.54) is 11.1 Å². The van der Waals surface area contributed by atoms with Gasteiger partial charge in [-0.3, -0.25) is 0 Å². The fourth-order valence-corrected chi connectivity index (χ4v) is 3.26. The molecule has 3 atom stereocenters. The Labute approximate surface area is 129 Å². The van der Waals surface area contributed by atoms with E-state index < -0.39 is 0 Å². The zero-order valence-electron chi connectivity index (χ0n) is 14.1. The Morgan fingerprint density at radius 3 is 2.48 bits per heavy atom. The van der Waals surface area contributed by atoms with Crippen LogP contribution in [-0.4, -0.2) is 17.3 Å². The number of aryl methyl sites for hydroxylation is 1. The zero-order valence-corrected chi connectivity index (χ0v) is 14.1. The van der Waals surface area contributed by atoms with Crippen molar-refractivity contribution in [3.8, 4) is 5.75 Å². The van der Waals surface area contributed by atoms with Gasteiger partial charge in [0.2, 0.25) is 0 Å². The van der Waals surface area contributed by atoms with Crippen molar-refractivity contribution < 1.29 is 9.84 Å². The standard InChI is InChI=1S/C19H30O2/c1-12(2)15-7-9-17(20)19(11-15)21-18-10-14(5)6-8-16(18)13(3)4/h6,8,10,12-13,15,17,19-20H,7,9,11H2,1-5H3. The molecule has 1 aliphatic rings. The van der Waals surface area contributed by atoms with E-state index in [1.807, 2.05) is 0 Å². The monoisotopic (exact) mass is 290 g/mol. The summed E-state index contributed by atoms with van der Waals surface area (Å²) in [6, 6.07) is 6.40. The number of aliphatic hydroxyl groups excluding tert-OH is 1. The number of rotatable bonds is 4. The Kier molecular flexibility index (Phi) is 5.32. The highest BCUT2D eigenvalue weighted by molar-refractivity contribution is 5.39. The van der Waals surface area contributed by atoms with Crippen LogP contribution >= 0.6 is 0 Å². The SMILES string of the molecule is Cc1ccc(C(C)C)c(OC2CC(C(C)C)CCC2O)c1. The molecule has 1 aliphatic carbocycles. The lowest BCUT2D eigenvalue weighted by Gasteiger charge is -2.36. The summed E-state index contributed by atoms with van der Waals surface area (Å²) in [5.74, 6) is 2.71. The summed E-state index contributed by atoms with van der Waals surface area (Å²) in [6.45, 7) is 11.0. The Balaban J connectivity index is 2.17. The lowest BCUT2D eigenvalue weighted by atomic mass is 9.79. The fraction of sp³-hybridized carbons (Fsp3) is 0.684. The third-order valence-corrected chi connectivity index (χ3v) is 4.81. The molecule has 1 N–H and O–H groups in total. The summed E-state index contributed by atoms with van der Waals surface area (Å²) in [6.07, 6.45) is 2.54. The molecule has 0 amide bonds. The maximum absolute atomic E-state index is 10.3. The van der Waals surface area contributed by atoms with Crippen molar-refractivity contribution in [1.82, 2.24) is 0 Å². The maximum Gasteiger partial charge on any atom is 0.125 e. The molecule has 118 valence electrons. The molecule has 1 saturated carbocycles. The maximum atomic E-state index is 10.3. The summed E-state index contributed by atoms with van der Waals surface area (Å²) < 4.78 is 6.27. The van der Waals surface area contributed by atoms with Gasteiger partial charge in [0.25, 0.3) is 0 Å². The van der Waals surface area contributed by atoms with Crippen molar-refractivity contribution in [1.29, 1.82) is 0 Å². The lowest BCUT2D eigenvalue weighted by molar-refractivity contribution is -0.0182. The van der Waals surface area contributed by atoms with Gasteiger partial charge in [-0.25, -0.2) is 0 Å². The van der Waals surface area contributed by atoms with Gasteiger partial charge >= 0.3 is 0 Å². The molecule has 0 spiro atoms. The predicted octanol–water partition coefficient (Wildman–Crippen LogP) is 4.68. The Hall–Kier alpha value is -1.02. The van der Waals surface area contributed by atoms with Crippen LogP contribution in [0, 0.1) is 18.8 Å². The summed E-state index contributed by atoms with van der Waals surface area (Å²) >= 11 is 0. The molecule has 0 saturated heterocycles. The second-order valence-electron chi connectivity index (χ2n) is 7.24. The molecular weight excluding hydrogens is 260 g/mol. The van der Waals surface area contributed by atoms with Crippen LogP contribution in [0.2, 0.25) is 0 Å². The van der Waals surface area contributed by atoms with Crippen LogP contribution < -0.4 is 4.74 Å². The minimum Gasteiger partial charge on any atom is -0.487 e. The van der Waals surface area contributed by atoms with Crippen molar-refractivity contribution in [2.75, 3.05) is 0 Å². The van der Waals surface area contributed by atoms with Crippen LogP contribution in [0.15, 0.2) is 18.2 Å². The van der Waals surface area contributed by atoms with Gasteiger partial charge in [0.1, 0.15) is 11.9 Å². The Bertz CT molecular complexity index is 465. The molecule has 2 nitrogen and oxygen atoms in total. The molecule has 0 aromatic heterocycles. The van der Waals surface area contributed by atoms with Crippen LogP contribution in [0.4, 0.5) is 0 Å². The number of ether oxygens (including phenoxy) is 1. The van der Waals surface area contributed by atoms with Crippen LogP contribution in [0.25, 0.3) is 0 Å². The van der Waals surface area contributed by atoms with E-state index in [1.54, 1.807) is 0 Å². The second kappa shape index (κ2) is 6.83. The van der Waals surface area contributed by atoms with Crippen LogP contribution in [0.5, 0.6) is 5.75 Å². The summed E-state index contributed by atoms with van der Waals surface area (Å²) in [7, 11) is 0. The summed E-state index contributed by atoms with van der Waals surface area (Å²) in [5, 5.41) is 10.3. The van der Waals surface area contributed by atoms with E-state index >= 15 is 0 Å². The van der Waals surface area contributed by atoms with Gasteiger partial charge in [-0.15, -0.1) is 0 Å². The van der Waals surface area contributed by atoms with Crippen LogP contribution in [0.1, 0.15) is 64.0 Å². The quantitative estimate of drug-likeness (QED) is 0.872. The minimum atomic E-state index is -0.333. The smallest absolute Gasteiger partial charge is 0.125 e. The van der Waals surface area contributed by atoms with Crippen molar-refractivity contribution in [3.63, 3.8) is 0 Å². The van der Waals surface area contributed by atoms with Crippen LogP contribution in [0.3, 0.4) is 0 Å². The van der Waals surface area contributed by atoms with Gasteiger partial charge in [0, 0.05) is 0 Å². The normalized spacial score (nSPS) is 26.4. The lowest BCUT2D eigenvalue weighted by Crippen LogP contribution is -2.39. The van der Waals surface area contributed by atoms with Gasteiger partial charge < -0.3 is 9.84 Å². The average molecular weight is 290 g/mol. The first-order chi connectivity index (χ1) is 9.88. The molecule has 0 aliphatic heterocycles. The van der Waals surface area contributed by atoms with Gasteiger partial charge in [-0.2, -0.15) is 0 Å². The van der Waals surface area contributed by atoms with Crippen molar-refractivity contribution in [2.45, 2.75) is 72.0 Å². The highest BCUT2D eigenvalue weighted by atomic mass is 16.5. The Morgan fingerprint density at radius 1 is 1.14 bits per heavy atom. The molecule has 0 radical (unpaired) electrons. The predicted molar refractivity (Wildman–Crippen MR) is 87.9 cm³/mol. The molecule has 1 fully saturated rings. The topological polar surface area (TPSA) is 29.5 Å². The van der Waals surface area contributed by atoms with Gasteiger partial charge in [0.05, 0.1) is 6.10 Å². The summed E-state index contributed by atoms with van der Waals surface area (Å²) in [5.41, 5.74) is 2.44. The number of benzene rings is 1. The molecule has 3 unspecified atom stereocenters. The highest BCUT2D eigenvalue weighted by Crippen LogP contribution is 2.35. The number of hydrogen-bond donors (Lipinski definition) is 1. The van der Waals surface area contributed by atoms with Crippen molar-refractivity contribution >= 4 is 0 Å². The molecule has 2 rings (SSSR count). The average Bonchev–Trinajstić information content (AvgIpc) is 2.40.